The fraction of sp³-hybridized carbons (Fsp3) is 0.933. The molecule has 2 aliphatic rings. The van der Waals surface area contributed by atoms with E-state index >= 15 is 0 Å². The Morgan fingerprint density at radius 3 is 2.58 bits per heavy atom. The van der Waals surface area contributed by atoms with Crippen molar-refractivity contribution in [3.63, 3.8) is 0 Å². The minimum absolute atomic E-state index is 0.134. The summed E-state index contributed by atoms with van der Waals surface area (Å²) < 4.78 is 0. The third-order valence-corrected chi connectivity index (χ3v) is 4.59. The molecule has 0 aromatic rings. The summed E-state index contributed by atoms with van der Waals surface area (Å²) in [5, 5.41) is 6.56. The number of nitrogens with one attached hydrogen (secondary N) is 2. The van der Waals surface area contributed by atoms with Gasteiger partial charge in [0.2, 0.25) is 5.91 Å². The van der Waals surface area contributed by atoms with Crippen LogP contribution in [-0.2, 0) is 4.79 Å². The summed E-state index contributed by atoms with van der Waals surface area (Å²) in [5.74, 6) is 0.568. The van der Waals surface area contributed by atoms with E-state index in [-0.39, 0.29) is 17.2 Å². The Morgan fingerprint density at radius 1 is 1.37 bits per heavy atom. The molecule has 1 saturated heterocycles. The molecule has 1 atom stereocenters. The van der Waals surface area contributed by atoms with Gasteiger partial charge in [-0.2, -0.15) is 0 Å². The Bertz CT molecular complexity index is 332. The van der Waals surface area contributed by atoms with Crippen LogP contribution in [0.5, 0.6) is 0 Å². The third-order valence-electron chi connectivity index (χ3n) is 4.59. The first-order chi connectivity index (χ1) is 8.85. The van der Waals surface area contributed by atoms with Crippen LogP contribution in [0.3, 0.4) is 0 Å². The molecule has 1 heterocycles. The fourth-order valence-electron chi connectivity index (χ4n) is 3.56. The number of hydrogen-bond donors (Lipinski definition) is 2. The van der Waals surface area contributed by atoms with Crippen molar-refractivity contribution in [3.8, 4) is 0 Å². The highest BCUT2D eigenvalue weighted by Gasteiger charge is 2.57. The second-order valence-corrected chi connectivity index (χ2v) is 7.49. The van der Waals surface area contributed by atoms with E-state index < -0.39 is 0 Å². The highest BCUT2D eigenvalue weighted by molar-refractivity contribution is 5.82. The quantitative estimate of drug-likeness (QED) is 0.783. The van der Waals surface area contributed by atoms with Gasteiger partial charge in [-0.15, -0.1) is 0 Å². The monoisotopic (exact) mass is 267 g/mol. The van der Waals surface area contributed by atoms with Crippen molar-refractivity contribution in [2.45, 2.75) is 33.1 Å². The van der Waals surface area contributed by atoms with Crippen LogP contribution in [0.15, 0.2) is 0 Å². The molecule has 0 radical (unpaired) electrons. The van der Waals surface area contributed by atoms with Gasteiger partial charge < -0.3 is 15.5 Å². The van der Waals surface area contributed by atoms with Gasteiger partial charge in [-0.25, -0.2) is 0 Å². The third kappa shape index (κ3) is 3.69. The largest absolute Gasteiger partial charge is 0.355 e. The van der Waals surface area contributed by atoms with Gasteiger partial charge in [-0.05, 0) is 57.3 Å². The van der Waals surface area contributed by atoms with Crippen LogP contribution in [-0.4, -0.2) is 51.1 Å². The van der Waals surface area contributed by atoms with E-state index in [0.29, 0.717) is 5.41 Å². The molecule has 110 valence electrons. The predicted molar refractivity (Wildman–Crippen MR) is 78.0 cm³/mol. The van der Waals surface area contributed by atoms with Crippen molar-refractivity contribution in [2.24, 2.45) is 16.7 Å². The maximum atomic E-state index is 12.3. The van der Waals surface area contributed by atoms with Crippen molar-refractivity contribution >= 4 is 5.91 Å². The average Bonchev–Trinajstić information content (AvgIpc) is 2.99. The van der Waals surface area contributed by atoms with Gasteiger partial charge >= 0.3 is 0 Å². The van der Waals surface area contributed by atoms with Gasteiger partial charge in [0.15, 0.2) is 0 Å². The van der Waals surface area contributed by atoms with Crippen LogP contribution in [0.25, 0.3) is 0 Å². The van der Waals surface area contributed by atoms with Crippen molar-refractivity contribution in [3.05, 3.63) is 0 Å². The molecule has 4 heteroatoms. The molecule has 1 aliphatic carbocycles. The second kappa shape index (κ2) is 5.41. The molecule has 1 spiro atoms. The van der Waals surface area contributed by atoms with E-state index in [0.717, 1.165) is 32.6 Å². The van der Waals surface area contributed by atoms with Crippen LogP contribution >= 0.6 is 0 Å². The lowest BCUT2D eigenvalue weighted by atomic mass is 9.91. The first kappa shape index (κ1) is 14.8. The number of hydrogen-bond acceptors (Lipinski definition) is 3. The number of amides is 1. The van der Waals surface area contributed by atoms with Crippen molar-refractivity contribution in [2.75, 3.05) is 40.3 Å². The van der Waals surface area contributed by atoms with E-state index in [1.165, 1.54) is 12.8 Å². The number of rotatable bonds is 5. The summed E-state index contributed by atoms with van der Waals surface area (Å²) in [7, 11) is 4.16. The Kier molecular flexibility index (Phi) is 4.21. The second-order valence-electron chi connectivity index (χ2n) is 7.49. The zero-order chi connectivity index (χ0) is 14.1. The zero-order valence-corrected chi connectivity index (χ0v) is 12.9. The summed E-state index contributed by atoms with van der Waals surface area (Å²) in [6.07, 6.45) is 3.45. The van der Waals surface area contributed by atoms with Gasteiger partial charge in [0, 0.05) is 19.0 Å². The molecule has 2 N–H and O–H groups in total. The Labute approximate surface area is 117 Å². The highest BCUT2D eigenvalue weighted by Crippen LogP contribution is 2.58. The molecule has 2 fully saturated rings. The zero-order valence-electron chi connectivity index (χ0n) is 12.9. The van der Waals surface area contributed by atoms with E-state index in [2.05, 4.69) is 43.5 Å². The van der Waals surface area contributed by atoms with Crippen LogP contribution in [0.4, 0.5) is 0 Å². The maximum Gasteiger partial charge on any atom is 0.223 e. The number of carbonyl (C=O) groups excluding carboxylic acids is 1. The molecule has 0 aromatic heterocycles. The number of carbonyl (C=O) groups is 1. The Balaban J connectivity index is 1.77. The van der Waals surface area contributed by atoms with Crippen molar-refractivity contribution in [1.82, 2.24) is 15.5 Å². The average molecular weight is 267 g/mol. The lowest BCUT2D eigenvalue weighted by Gasteiger charge is -2.29. The van der Waals surface area contributed by atoms with E-state index in [4.69, 9.17) is 0 Å². The molecule has 0 aromatic carbocycles. The normalized spacial score (nSPS) is 25.6. The molecule has 4 nitrogen and oxygen atoms in total. The SMILES string of the molecule is CN(C)CC(C)(C)CNC(=O)C1CC12CCNCC2. The lowest BCUT2D eigenvalue weighted by Crippen LogP contribution is -2.41. The molecule has 0 bridgehead atoms. The van der Waals surface area contributed by atoms with Crippen LogP contribution in [0.2, 0.25) is 0 Å². The molecule has 19 heavy (non-hydrogen) atoms. The van der Waals surface area contributed by atoms with Crippen molar-refractivity contribution in [1.29, 1.82) is 0 Å². The molecular weight excluding hydrogens is 238 g/mol. The molecule has 1 amide bonds. The summed E-state index contributed by atoms with van der Waals surface area (Å²) in [6.45, 7) is 8.34. The van der Waals surface area contributed by atoms with Gasteiger partial charge in [-0.1, -0.05) is 13.8 Å². The summed E-state index contributed by atoms with van der Waals surface area (Å²) in [5.41, 5.74) is 0.482. The van der Waals surface area contributed by atoms with E-state index in [1.807, 2.05) is 0 Å². The van der Waals surface area contributed by atoms with Gasteiger partial charge in [0.05, 0.1) is 0 Å². The summed E-state index contributed by atoms with van der Waals surface area (Å²) in [4.78, 5) is 14.4. The highest BCUT2D eigenvalue weighted by atomic mass is 16.2. The first-order valence-corrected chi connectivity index (χ1v) is 7.48. The number of piperidine rings is 1. The molecule has 1 unspecified atom stereocenters. The molecular formula is C15H29N3O. The smallest absolute Gasteiger partial charge is 0.223 e. The minimum Gasteiger partial charge on any atom is -0.355 e. The van der Waals surface area contributed by atoms with Crippen molar-refractivity contribution < 1.29 is 4.79 Å². The van der Waals surface area contributed by atoms with Gasteiger partial charge in [0.25, 0.3) is 0 Å². The minimum atomic E-state index is 0.134. The number of nitrogens with zero attached hydrogens (tertiary/aromatic N) is 1. The predicted octanol–water partition coefficient (Wildman–Crippen LogP) is 1.08. The van der Waals surface area contributed by atoms with Crippen LogP contribution < -0.4 is 10.6 Å². The summed E-state index contributed by atoms with van der Waals surface area (Å²) in [6, 6.07) is 0. The van der Waals surface area contributed by atoms with Crippen LogP contribution in [0, 0.1) is 16.7 Å². The Hall–Kier alpha value is -0.610. The van der Waals surface area contributed by atoms with E-state index in [1.54, 1.807) is 0 Å². The standard InChI is InChI=1S/C15H29N3O/c1-14(2,11-18(3)4)10-17-13(19)12-9-15(12)5-7-16-8-6-15/h12,16H,5-11H2,1-4H3,(H,17,19). The molecule has 2 rings (SSSR count). The first-order valence-electron chi connectivity index (χ1n) is 7.48. The maximum absolute atomic E-state index is 12.3. The fourth-order valence-corrected chi connectivity index (χ4v) is 3.56. The summed E-state index contributed by atoms with van der Waals surface area (Å²) >= 11 is 0. The topological polar surface area (TPSA) is 44.4 Å². The molecule has 1 aliphatic heterocycles. The Morgan fingerprint density at radius 2 is 2.00 bits per heavy atom. The van der Waals surface area contributed by atoms with Gasteiger partial charge in [-0.3, -0.25) is 4.79 Å². The lowest BCUT2D eigenvalue weighted by molar-refractivity contribution is -0.123. The van der Waals surface area contributed by atoms with E-state index in [9.17, 15) is 4.79 Å². The van der Waals surface area contributed by atoms with Crippen LogP contribution in [0.1, 0.15) is 33.1 Å². The molecule has 1 saturated carbocycles. The van der Waals surface area contributed by atoms with Gasteiger partial charge in [0.1, 0.15) is 0 Å².